The fourth-order valence-corrected chi connectivity index (χ4v) is 10.7. The molecule has 6 fully saturated rings. The molecule has 4 saturated carbocycles. The van der Waals surface area contributed by atoms with Crippen LogP contribution in [-0.2, 0) is 19.2 Å². The second kappa shape index (κ2) is 12.2. The van der Waals surface area contributed by atoms with Crippen LogP contribution in [0, 0.1) is 33.5 Å². The number of likely N-dealkylation sites (tertiary alicyclic amines) is 2. The van der Waals surface area contributed by atoms with Gasteiger partial charge in [0.05, 0.1) is 6.04 Å². The topological polar surface area (TPSA) is 111 Å². The van der Waals surface area contributed by atoms with Crippen molar-refractivity contribution < 1.29 is 19.2 Å². The van der Waals surface area contributed by atoms with Crippen molar-refractivity contribution in [2.75, 3.05) is 13.1 Å². The SMILES string of the molecule is C=CC1CC1NC(=O)C1CC2(CN1C(=O)C(NC(=O)C(NC(=O)C1CCCN1C(C)C)C1CCCC1)C(C)(C)C)C(C)(C)C21CCC1. The summed E-state index contributed by atoms with van der Waals surface area (Å²) in [5.74, 6) is -0.303. The number of rotatable bonds is 10. The van der Waals surface area contributed by atoms with Crippen molar-refractivity contribution in [2.24, 2.45) is 33.5 Å². The Labute approximate surface area is 282 Å². The van der Waals surface area contributed by atoms with E-state index in [-0.39, 0.29) is 69.8 Å². The second-order valence-electron chi connectivity index (χ2n) is 17.9. The van der Waals surface area contributed by atoms with Gasteiger partial charge in [-0.2, -0.15) is 0 Å². The van der Waals surface area contributed by atoms with Gasteiger partial charge < -0.3 is 20.9 Å². The third-order valence-electron chi connectivity index (χ3n) is 14.0. The first kappa shape index (κ1) is 34.4. The predicted molar refractivity (Wildman–Crippen MR) is 183 cm³/mol. The van der Waals surface area contributed by atoms with E-state index in [2.05, 4.69) is 55.1 Å². The van der Waals surface area contributed by atoms with Crippen LogP contribution in [0.15, 0.2) is 12.7 Å². The Hall–Kier alpha value is -2.42. The van der Waals surface area contributed by atoms with Crippen molar-refractivity contribution in [1.29, 1.82) is 0 Å². The van der Waals surface area contributed by atoms with Crippen LogP contribution in [0.1, 0.15) is 119 Å². The molecule has 2 spiro atoms. The highest BCUT2D eigenvalue weighted by molar-refractivity contribution is 5.96. The zero-order valence-corrected chi connectivity index (χ0v) is 30.1. The Balaban J connectivity index is 1.24. The van der Waals surface area contributed by atoms with Gasteiger partial charge in [-0.1, -0.05) is 60.0 Å². The Morgan fingerprint density at radius 1 is 0.894 bits per heavy atom. The molecular weight excluding hydrogens is 590 g/mol. The number of amides is 4. The van der Waals surface area contributed by atoms with Gasteiger partial charge in [-0.15, -0.1) is 6.58 Å². The van der Waals surface area contributed by atoms with Gasteiger partial charge in [0.25, 0.3) is 0 Å². The Morgan fingerprint density at radius 2 is 1.57 bits per heavy atom. The fraction of sp³-hybridized carbons (Fsp3) is 0.842. The minimum atomic E-state index is -0.832. The summed E-state index contributed by atoms with van der Waals surface area (Å²) < 4.78 is 0. The maximum Gasteiger partial charge on any atom is 0.246 e. The number of hydrogen-bond acceptors (Lipinski definition) is 5. The average Bonchev–Trinajstić information content (AvgIpc) is 3.45. The van der Waals surface area contributed by atoms with E-state index in [9.17, 15) is 19.2 Å². The Morgan fingerprint density at radius 3 is 2.11 bits per heavy atom. The van der Waals surface area contributed by atoms with E-state index in [4.69, 9.17) is 0 Å². The summed E-state index contributed by atoms with van der Waals surface area (Å²) in [6.45, 7) is 20.1. The summed E-state index contributed by atoms with van der Waals surface area (Å²) in [5.41, 5.74) is -0.463. The normalized spacial score (nSPS) is 33.8. The van der Waals surface area contributed by atoms with Crippen molar-refractivity contribution in [3.8, 4) is 0 Å². The molecule has 4 amide bonds. The van der Waals surface area contributed by atoms with E-state index >= 15 is 0 Å². The van der Waals surface area contributed by atoms with E-state index in [0.717, 1.165) is 64.3 Å². The molecule has 2 aliphatic heterocycles. The third-order valence-corrected chi connectivity index (χ3v) is 14.0. The highest BCUT2D eigenvalue weighted by atomic mass is 16.2. The molecule has 262 valence electrons. The third kappa shape index (κ3) is 5.64. The lowest BCUT2D eigenvalue weighted by Crippen LogP contribution is -2.62. The number of hydrogen-bond donors (Lipinski definition) is 3. The van der Waals surface area contributed by atoms with Gasteiger partial charge in [0.1, 0.15) is 18.1 Å². The van der Waals surface area contributed by atoms with E-state index < -0.39 is 23.5 Å². The number of carbonyl (C=O) groups excluding carboxylic acids is 4. The Bertz CT molecular complexity index is 1280. The lowest BCUT2D eigenvalue weighted by atomic mass is 9.73. The van der Waals surface area contributed by atoms with Crippen LogP contribution in [0.5, 0.6) is 0 Å². The molecule has 9 nitrogen and oxygen atoms in total. The van der Waals surface area contributed by atoms with Gasteiger partial charge in [0, 0.05) is 24.0 Å². The first-order chi connectivity index (χ1) is 22.1. The highest BCUT2D eigenvalue weighted by Gasteiger charge is 2.85. The molecule has 2 heterocycles. The summed E-state index contributed by atoms with van der Waals surface area (Å²) in [6, 6.07) is -1.99. The van der Waals surface area contributed by atoms with E-state index in [1.54, 1.807) is 0 Å². The zero-order valence-electron chi connectivity index (χ0n) is 30.1. The molecule has 2 saturated heterocycles. The molecule has 3 N–H and O–H groups in total. The first-order valence-electron chi connectivity index (χ1n) is 18.7. The first-order valence-corrected chi connectivity index (χ1v) is 18.7. The molecule has 0 aromatic carbocycles. The average molecular weight is 652 g/mol. The maximum atomic E-state index is 14.8. The lowest BCUT2D eigenvalue weighted by molar-refractivity contribution is -0.144. The van der Waals surface area contributed by atoms with Gasteiger partial charge in [0.2, 0.25) is 23.6 Å². The van der Waals surface area contributed by atoms with Gasteiger partial charge in [-0.3, -0.25) is 24.1 Å². The number of carbonyl (C=O) groups is 4. The monoisotopic (exact) mass is 651 g/mol. The van der Waals surface area contributed by atoms with Crippen LogP contribution in [-0.4, -0.2) is 82.8 Å². The molecule has 0 aromatic rings. The van der Waals surface area contributed by atoms with Gasteiger partial charge in [-0.05, 0) is 99.8 Å². The summed E-state index contributed by atoms with van der Waals surface area (Å²) in [6.07, 6.45) is 12.5. The smallest absolute Gasteiger partial charge is 0.246 e. The van der Waals surface area contributed by atoms with E-state index in [1.807, 2.05) is 31.7 Å². The molecule has 0 bridgehead atoms. The minimum Gasteiger partial charge on any atom is -0.351 e. The van der Waals surface area contributed by atoms with Crippen molar-refractivity contribution in [1.82, 2.24) is 25.8 Å². The van der Waals surface area contributed by atoms with Crippen LogP contribution in [0.3, 0.4) is 0 Å². The van der Waals surface area contributed by atoms with Crippen LogP contribution >= 0.6 is 0 Å². The summed E-state index contributed by atoms with van der Waals surface area (Å²) in [4.78, 5) is 60.8. The van der Waals surface area contributed by atoms with E-state index in [0.29, 0.717) is 13.0 Å². The molecule has 6 rings (SSSR count). The molecule has 0 aromatic heterocycles. The molecular formula is C38H61N5O4. The predicted octanol–water partition coefficient (Wildman–Crippen LogP) is 4.55. The van der Waals surface area contributed by atoms with E-state index in [1.165, 1.54) is 6.42 Å². The number of nitrogens with one attached hydrogen (secondary N) is 3. The van der Waals surface area contributed by atoms with Crippen molar-refractivity contribution in [3.05, 3.63) is 12.7 Å². The second-order valence-corrected chi connectivity index (χ2v) is 17.9. The molecule has 0 radical (unpaired) electrons. The van der Waals surface area contributed by atoms with Crippen LogP contribution in [0.4, 0.5) is 0 Å². The van der Waals surface area contributed by atoms with Gasteiger partial charge >= 0.3 is 0 Å². The number of nitrogens with zero attached hydrogens (tertiary/aromatic N) is 2. The summed E-state index contributed by atoms with van der Waals surface area (Å²) >= 11 is 0. The van der Waals surface area contributed by atoms with Crippen molar-refractivity contribution in [2.45, 2.75) is 155 Å². The molecule has 7 unspecified atom stereocenters. The van der Waals surface area contributed by atoms with Crippen molar-refractivity contribution >= 4 is 23.6 Å². The van der Waals surface area contributed by atoms with Crippen LogP contribution < -0.4 is 16.0 Å². The van der Waals surface area contributed by atoms with Gasteiger partial charge in [-0.25, -0.2) is 0 Å². The summed E-state index contributed by atoms with van der Waals surface area (Å²) in [7, 11) is 0. The van der Waals surface area contributed by atoms with Gasteiger partial charge in [0.15, 0.2) is 0 Å². The van der Waals surface area contributed by atoms with Crippen LogP contribution in [0.25, 0.3) is 0 Å². The zero-order chi connectivity index (χ0) is 34.1. The maximum absolute atomic E-state index is 14.8. The van der Waals surface area contributed by atoms with Crippen LogP contribution in [0.2, 0.25) is 0 Å². The quantitative estimate of drug-likeness (QED) is 0.300. The largest absolute Gasteiger partial charge is 0.351 e. The fourth-order valence-electron chi connectivity index (χ4n) is 10.7. The number of fused-ring (bicyclic) bond motifs is 1. The molecule has 47 heavy (non-hydrogen) atoms. The molecule has 7 atom stereocenters. The lowest BCUT2D eigenvalue weighted by Gasteiger charge is -2.37. The standard InChI is InChI=1S/C38H61N5O4/c1-9-24-20-26(24)39-32(45)28-21-38(36(7,8)37(38)17-13-18-37)22-43(28)34(47)30(35(4,5)6)41-33(46)29(25-14-10-11-15-25)40-31(44)27-16-12-19-42(27)23(2)3/h9,23-30H,1,10-22H2,2-8H3,(H,39,45)(H,40,44)(H,41,46). The Kier molecular flexibility index (Phi) is 8.92. The molecule has 6 aliphatic rings. The summed E-state index contributed by atoms with van der Waals surface area (Å²) in [5, 5.41) is 9.60. The molecule has 4 aliphatic carbocycles. The van der Waals surface area contributed by atoms with Crippen molar-refractivity contribution in [3.63, 3.8) is 0 Å². The minimum absolute atomic E-state index is 0.0410. The molecule has 9 heteroatoms. The highest BCUT2D eigenvalue weighted by Crippen LogP contribution is 2.88.